The van der Waals surface area contributed by atoms with E-state index >= 15 is 0 Å². The van der Waals surface area contributed by atoms with Crippen molar-refractivity contribution in [2.75, 3.05) is 6.54 Å². The number of nitrogens with two attached hydrogens (primary N) is 1. The van der Waals surface area contributed by atoms with E-state index in [1.807, 2.05) is 0 Å². The van der Waals surface area contributed by atoms with E-state index in [0.717, 1.165) is 12.0 Å². The van der Waals surface area contributed by atoms with Gasteiger partial charge in [0.05, 0.1) is 6.26 Å². The van der Waals surface area contributed by atoms with Gasteiger partial charge in [-0.2, -0.15) is 0 Å². The normalized spacial score (nSPS) is 10.9. The molecule has 0 amide bonds. The average Bonchev–Trinajstić information content (AvgIpc) is 2.49. The van der Waals surface area contributed by atoms with Crippen LogP contribution in [0.5, 0.6) is 0 Å². The molecule has 0 saturated heterocycles. The van der Waals surface area contributed by atoms with Crippen LogP contribution in [0.2, 0.25) is 0 Å². The first-order chi connectivity index (χ1) is 6.31. The van der Waals surface area contributed by atoms with Crippen molar-refractivity contribution in [1.82, 2.24) is 0 Å². The number of hydrogen-bond donors (Lipinski definition) is 1. The second-order valence-electron chi connectivity index (χ2n) is 3.30. The summed E-state index contributed by atoms with van der Waals surface area (Å²) < 4.78 is 5.43. The molecule has 2 nitrogen and oxygen atoms in total. The smallest absolute Gasteiger partial charge is 0.134 e. The van der Waals surface area contributed by atoms with Crippen molar-refractivity contribution in [3.63, 3.8) is 0 Å². The molecule has 1 aromatic carbocycles. The van der Waals surface area contributed by atoms with E-state index in [4.69, 9.17) is 10.2 Å². The Hall–Kier alpha value is -1.28. The van der Waals surface area contributed by atoms with Gasteiger partial charge in [-0.25, -0.2) is 0 Å². The highest BCUT2D eigenvalue weighted by Crippen LogP contribution is 2.22. The van der Waals surface area contributed by atoms with Gasteiger partial charge in [0.2, 0.25) is 0 Å². The molecule has 0 radical (unpaired) electrons. The summed E-state index contributed by atoms with van der Waals surface area (Å²) in [6.45, 7) is 2.73. The third-order valence-corrected chi connectivity index (χ3v) is 2.22. The minimum atomic E-state index is 0.669. The Morgan fingerprint density at radius 1 is 1.38 bits per heavy atom. The topological polar surface area (TPSA) is 39.2 Å². The van der Waals surface area contributed by atoms with E-state index < -0.39 is 0 Å². The molecule has 1 heterocycles. The second kappa shape index (κ2) is 3.23. The molecule has 0 saturated carbocycles. The Morgan fingerprint density at radius 3 is 3.00 bits per heavy atom. The first kappa shape index (κ1) is 8.32. The van der Waals surface area contributed by atoms with Crippen molar-refractivity contribution < 1.29 is 4.42 Å². The third-order valence-electron chi connectivity index (χ3n) is 2.22. The Kier molecular flexibility index (Phi) is 2.07. The number of furan rings is 1. The van der Waals surface area contributed by atoms with Crippen LogP contribution < -0.4 is 5.73 Å². The molecule has 0 spiro atoms. The molecule has 2 N–H and O–H groups in total. The molecule has 0 aliphatic heterocycles. The summed E-state index contributed by atoms with van der Waals surface area (Å²) in [5, 5.41) is 1.19. The lowest BCUT2D eigenvalue weighted by Crippen LogP contribution is -2.01. The van der Waals surface area contributed by atoms with Crippen molar-refractivity contribution in [3.05, 3.63) is 35.6 Å². The third kappa shape index (κ3) is 1.45. The van der Waals surface area contributed by atoms with Gasteiger partial charge in [0.1, 0.15) is 5.58 Å². The monoisotopic (exact) mass is 175 g/mol. The maximum Gasteiger partial charge on any atom is 0.134 e. The van der Waals surface area contributed by atoms with Gasteiger partial charge in [0.15, 0.2) is 0 Å². The summed E-state index contributed by atoms with van der Waals surface area (Å²) in [7, 11) is 0. The van der Waals surface area contributed by atoms with Gasteiger partial charge < -0.3 is 10.2 Å². The molecule has 0 fully saturated rings. The van der Waals surface area contributed by atoms with Crippen LogP contribution in [-0.4, -0.2) is 6.54 Å². The van der Waals surface area contributed by atoms with Crippen molar-refractivity contribution >= 4 is 11.0 Å². The maximum absolute atomic E-state index is 5.50. The number of rotatable bonds is 2. The summed E-state index contributed by atoms with van der Waals surface area (Å²) >= 11 is 0. The van der Waals surface area contributed by atoms with Gasteiger partial charge in [-0.3, -0.25) is 0 Å². The lowest BCUT2D eigenvalue weighted by molar-refractivity contribution is 0.610. The first-order valence-corrected chi connectivity index (χ1v) is 4.48. The van der Waals surface area contributed by atoms with Crippen LogP contribution in [0, 0.1) is 6.92 Å². The fraction of sp³-hybridized carbons (Fsp3) is 0.273. The second-order valence-corrected chi connectivity index (χ2v) is 3.30. The van der Waals surface area contributed by atoms with Crippen molar-refractivity contribution in [2.45, 2.75) is 13.3 Å². The molecule has 2 heteroatoms. The highest BCUT2D eigenvalue weighted by molar-refractivity contribution is 5.81. The van der Waals surface area contributed by atoms with Crippen LogP contribution in [0.25, 0.3) is 11.0 Å². The van der Waals surface area contributed by atoms with Crippen LogP contribution in [0.4, 0.5) is 0 Å². The lowest BCUT2D eigenvalue weighted by atomic mass is 10.1. The molecule has 68 valence electrons. The van der Waals surface area contributed by atoms with Crippen LogP contribution in [0.3, 0.4) is 0 Å². The van der Waals surface area contributed by atoms with Crippen molar-refractivity contribution in [3.8, 4) is 0 Å². The molecule has 0 aliphatic rings. The largest absolute Gasteiger partial charge is 0.464 e. The summed E-state index contributed by atoms with van der Waals surface area (Å²) in [5.41, 5.74) is 8.89. The van der Waals surface area contributed by atoms with Gasteiger partial charge in [-0.15, -0.1) is 0 Å². The molecular weight excluding hydrogens is 162 g/mol. The van der Waals surface area contributed by atoms with Crippen LogP contribution in [0.1, 0.15) is 11.1 Å². The SMILES string of the molecule is Cc1ccc2c(CCN)coc2c1. The van der Waals surface area contributed by atoms with E-state index in [1.54, 1.807) is 6.26 Å². The Bertz CT molecular complexity index is 417. The molecule has 2 aromatic rings. The molecule has 0 unspecified atom stereocenters. The number of benzene rings is 1. The zero-order valence-electron chi connectivity index (χ0n) is 7.71. The Morgan fingerprint density at radius 2 is 2.23 bits per heavy atom. The quantitative estimate of drug-likeness (QED) is 0.760. The standard InChI is InChI=1S/C11H13NO/c1-8-2-3-10-9(4-5-12)7-13-11(10)6-8/h2-3,6-7H,4-5,12H2,1H3. The number of aryl methyl sites for hydroxylation is 1. The highest BCUT2D eigenvalue weighted by Gasteiger charge is 2.03. The van der Waals surface area contributed by atoms with Gasteiger partial charge in [0.25, 0.3) is 0 Å². The van der Waals surface area contributed by atoms with Gasteiger partial charge in [0, 0.05) is 5.39 Å². The number of hydrogen-bond acceptors (Lipinski definition) is 2. The fourth-order valence-electron chi connectivity index (χ4n) is 1.54. The summed E-state index contributed by atoms with van der Waals surface area (Å²) in [4.78, 5) is 0. The first-order valence-electron chi connectivity index (χ1n) is 4.48. The van der Waals surface area contributed by atoms with Crippen LogP contribution in [-0.2, 0) is 6.42 Å². The van der Waals surface area contributed by atoms with Crippen LogP contribution >= 0.6 is 0 Å². The molecule has 0 atom stereocenters. The fourth-order valence-corrected chi connectivity index (χ4v) is 1.54. The van der Waals surface area contributed by atoms with Gasteiger partial charge in [-0.1, -0.05) is 12.1 Å². The molecule has 1 aromatic heterocycles. The van der Waals surface area contributed by atoms with E-state index in [0.29, 0.717) is 6.54 Å². The van der Waals surface area contributed by atoms with Gasteiger partial charge in [-0.05, 0) is 37.1 Å². The zero-order chi connectivity index (χ0) is 9.26. The summed E-state index contributed by atoms with van der Waals surface area (Å²) in [6.07, 6.45) is 2.69. The Balaban J connectivity index is 2.55. The molecule has 0 bridgehead atoms. The summed E-state index contributed by atoms with van der Waals surface area (Å²) in [6, 6.07) is 6.24. The predicted octanol–water partition coefficient (Wildman–Crippen LogP) is 2.24. The van der Waals surface area contributed by atoms with Gasteiger partial charge >= 0.3 is 0 Å². The molecule has 13 heavy (non-hydrogen) atoms. The number of fused-ring (bicyclic) bond motifs is 1. The molecule has 2 rings (SSSR count). The van der Waals surface area contributed by atoms with E-state index in [9.17, 15) is 0 Å². The average molecular weight is 175 g/mol. The Labute approximate surface area is 77.3 Å². The van der Waals surface area contributed by atoms with Crippen LogP contribution in [0.15, 0.2) is 28.9 Å². The maximum atomic E-state index is 5.50. The predicted molar refractivity (Wildman–Crippen MR) is 53.7 cm³/mol. The zero-order valence-corrected chi connectivity index (χ0v) is 7.71. The highest BCUT2D eigenvalue weighted by atomic mass is 16.3. The van der Waals surface area contributed by atoms with Crippen molar-refractivity contribution in [1.29, 1.82) is 0 Å². The molecule has 0 aliphatic carbocycles. The van der Waals surface area contributed by atoms with E-state index in [2.05, 4.69) is 25.1 Å². The minimum absolute atomic E-state index is 0.669. The van der Waals surface area contributed by atoms with Crippen molar-refractivity contribution in [2.24, 2.45) is 5.73 Å². The molecular formula is C11H13NO. The van der Waals surface area contributed by atoms with E-state index in [1.165, 1.54) is 16.5 Å². The minimum Gasteiger partial charge on any atom is -0.464 e. The lowest BCUT2D eigenvalue weighted by Gasteiger charge is -1.94. The van der Waals surface area contributed by atoms with E-state index in [-0.39, 0.29) is 0 Å². The summed E-state index contributed by atoms with van der Waals surface area (Å²) in [5.74, 6) is 0.